The number of hydrogen-bond donors (Lipinski definition) is 2. The molecule has 0 fully saturated rings. The van der Waals surface area contributed by atoms with Crippen LogP contribution in [0.2, 0.25) is 0 Å². The van der Waals surface area contributed by atoms with Gasteiger partial charge in [-0.15, -0.1) is 11.3 Å². The van der Waals surface area contributed by atoms with E-state index in [1.165, 1.54) is 11.3 Å². The molecule has 0 bridgehead atoms. The van der Waals surface area contributed by atoms with Crippen LogP contribution >= 0.6 is 11.3 Å². The first-order valence-corrected chi connectivity index (χ1v) is 6.97. The fraction of sp³-hybridized carbons (Fsp3) is 0.200. The van der Waals surface area contributed by atoms with Crippen molar-refractivity contribution in [2.24, 2.45) is 0 Å². The molecule has 0 unspecified atom stereocenters. The predicted molar refractivity (Wildman–Crippen MR) is 79.5 cm³/mol. The second kappa shape index (κ2) is 5.88. The van der Waals surface area contributed by atoms with Gasteiger partial charge in [-0.3, -0.25) is 4.79 Å². The molecule has 104 valence electrons. The van der Waals surface area contributed by atoms with E-state index in [-0.39, 0.29) is 17.9 Å². The van der Waals surface area contributed by atoms with Crippen molar-refractivity contribution in [1.29, 1.82) is 0 Å². The van der Waals surface area contributed by atoms with Crippen LogP contribution in [0.25, 0.3) is 0 Å². The van der Waals surface area contributed by atoms with Crippen LogP contribution in [-0.4, -0.2) is 17.0 Å². The number of anilines is 1. The molecule has 0 radical (unpaired) electrons. The molecule has 1 aromatic heterocycles. The first-order chi connectivity index (χ1) is 9.49. The zero-order valence-electron chi connectivity index (χ0n) is 11.3. The molecule has 0 aliphatic heterocycles. The van der Waals surface area contributed by atoms with Crippen molar-refractivity contribution in [2.75, 3.05) is 5.32 Å². The third-order valence-corrected chi connectivity index (χ3v) is 4.18. The van der Waals surface area contributed by atoms with Crippen molar-refractivity contribution in [3.8, 4) is 0 Å². The highest BCUT2D eigenvalue weighted by molar-refractivity contribution is 7.16. The molecule has 0 saturated heterocycles. The van der Waals surface area contributed by atoms with Crippen LogP contribution in [0.3, 0.4) is 0 Å². The normalized spacial score (nSPS) is 10.3. The minimum atomic E-state index is -1.01. The fourth-order valence-electron chi connectivity index (χ4n) is 1.92. The standard InChI is InChI=1S/C15H15NO3S/c1-9-10(2)20-14(13(9)15(18)19)16-12(17)8-11-6-4-3-5-7-11/h3-7H,8H2,1-2H3,(H,16,17)(H,18,19). The van der Waals surface area contributed by atoms with Crippen LogP contribution in [0.5, 0.6) is 0 Å². The van der Waals surface area contributed by atoms with E-state index in [0.29, 0.717) is 10.6 Å². The molecule has 1 heterocycles. The summed E-state index contributed by atoms with van der Waals surface area (Å²) in [5.74, 6) is -1.22. The number of benzene rings is 1. The summed E-state index contributed by atoms with van der Waals surface area (Å²) in [5, 5.41) is 12.3. The largest absolute Gasteiger partial charge is 0.478 e. The van der Waals surface area contributed by atoms with Gasteiger partial charge in [-0.1, -0.05) is 30.3 Å². The molecule has 0 atom stereocenters. The van der Waals surface area contributed by atoms with Crippen LogP contribution in [0.4, 0.5) is 5.00 Å². The Morgan fingerprint density at radius 2 is 1.85 bits per heavy atom. The Morgan fingerprint density at radius 1 is 1.20 bits per heavy atom. The highest BCUT2D eigenvalue weighted by Gasteiger charge is 2.20. The number of amides is 1. The minimum absolute atomic E-state index is 0.189. The van der Waals surface area contributed by atoms with Crippen molar-refractivity contribution in [3.05, 3.63) is 51.9 Å². The van der Waals surface area contributed by atoms with E-state index in [2.05, 4.69) is 5.32 Å². The molecule has 1 aromatic carbocycles. The maximum absolute atomic E-state index is 12.0. The second-order valence-electron chi connectivity index (χ2n) is 4.50. The summed E-state index contributed by atoms with van der Waals surface area (Å²) in [4.78, 5) is 24.1. The summed E-state index contributed by atoms with van der Waals surface area (Å²) in [7, 11) is 0. The van der Waals surface area contributed by atoms with Crippen molar-refractivity contribution in [1.82, 2.24) is 0 Å². The quantitative estimate of drug-likeness (QED) is 0.908. The monoisotopic (exact) mass is 289 g/mol. The molecule has 2 rings (SSSR count). The van der Waals surface area contributed by atoms with Crippen molar-refractivity contribution in [2.45, 2.75) is 20.3 Å². The van der Waals surface area contributed by atoms with Crippen LogP contribution in [-0.2, 0) is 11.2 Å². The van der Waals surface area contributed by atoms with Crippen LogP contribution in [0.1, 0.15) is 26.4 Å². The molecule has 0 aliphatic rings. The molecule has 1 amide bonds. The van der Waals surface area contributed by atoms with Gasteiger partial charge in [-0.05, 0) is 25.0 Å². The van der Waals surface area contributed by atoms with Gasteiger partial charge in [0.1, 0.15) is 5.00 Å². The smallest absolute Gasteiger partial charge is 0.338 e. The lowest BCUT2D eigenvalue weighted by Gasteiger charge is -2.04. The van der Waals surface area contributed by atoms with Gasteiger partial charge >= 0.3 is 5.97 Å². The molecular formula is C15H15NO3S. The fourth-order valence-corrected chi connectivity index (χ4v) is 2.99. The second-order valence-corrected chi connectivity index (χ2v) is 5.73. The SMILES string of the molecule is Cc1sc(NC(=O)Cc2ccccc2)c(C(=O)O)c1C. The molecule has 2 N–H and O–H groups in total. The topological polar surface area (TPSA) is 66.4 Å². The maximum Gasteiger partial charge on any atom is 0.338 e. The Hall–Kier alpha value is -2.14. The first-order valence-electron chi connectivity index (χ1n) is 6.16. The minimum Gasteiger partial charge on any atom is -0.478 e. The lowest BCUT2D eigenvalue weighted by Crippen LogP contribution is -2.15. The number of rotatable bonds is 4. The average Bonchev–Trinajstić information content (AvgIpc) is 2.65. The zero-order valence-corrected chi connectivity index (χ0v) is 12.1. The number of aromatic carboxylic acids is 1. The summed E-state index contributed by atoms with van der Waals surface area (Å²) in [6.07, 6.45) is 0.232. The Labute approximate surface area is 121 Å². The molecule has 2 aromatic rings. The van der Waals surface area contributed by atoms with Gasteiger partial charge in [0.15, 0.2) is 0 Å². The summed E-state index contributed by atoms with van der Waals surface area (Å²) in [5.41, 5.74) is 1.79. The lowest BCUT2D eigenvalue weighted by molar-refractivity contribution is -0.115. The number of carbonyl (C=O) groups excluding carboxylic acids is 1. The molecule has 0 saturated carbocycles. The average molecular weight is 289 g/mol. The van der Waals surface area contributed by atoms with Crippen molar-refractivity contribution < 1.29 is 14.7 Å². The molecule has 4 nitrogen and oxygen atoms in total. The number of carboxylic acids is 1. The van der Waals surface area contributed by atoms with Gasteiger partial charge in [0.05, 0.1) is 12.0 Å². The lowest BCUT2D eigenvalue weighted by atomic mass is 10.1. The van der Waals surface area contributed by atoms with E-state index in [0.717, 1.165) is 10.4 Å². The van der Waals surface area contributed by atoms with Crippen LogP contribution in [0, 0.1) is 13.8 Å². The number of aryl methyl sites for hydroxylation is 1. The number of hydrogen-bond acceptors (Lipinski definition) is 3. The Morgan fingerprint density at radius 3 is 2.45 bits per heavy atom. The van der Waals surface area contributed by atoms with E-state index >= 15 is 0 Å². The summed E-state index contributed by atoms with van der Waals surface area (Å²) in [6, 6.07) is 9.34. The van der Waals surface area contributed by atoms with Gasteiger partial charge in [0, 0.05) is 4.88 Å². The Balaban J connectivity index is 2.16. The number of nitrogens with one attached hydrogen (secondary N) is 1. The third kappa shape index (κ3) is 3.05. The van der Waals surface area contributed by atoms with E-state index < -0.39 is 5.97 Å². The molecule has 0 aliphatic carbocycles. The molecule has 5 heteroatoms. The molecule has 20 heavy (non-hydrogen) atoms. The van der Waals surface area contributed by atoms with E-state index in [4.69, 9.17) is 0 Å². The summed E-state index contributed by atoms with van der Waals surface area (Å²) < 4.78 is 0. The number of carboxylic acid groups (broad SMARTS) is 1. The van der Waals surface area contributed by atoms with E-state index in [1.807, 2.05) is 37.3 Å². The summed E-state index contributed by atoms with van der Waals surface area (Å²) >= 11 is 1.30. The first kappa shape index (κ1) is 14.3. The Bertz CT molecular complexity index is 647. The number of carbonyl (C=O) groups is 2. The van der Waals surface area contributed by atoms with Crippen LogP contribution < -0.4 is 5.32 Å². The summed E-state index contributed by atoms with van der Waals surface area (Å²) in [6.45, 7) is 3.60. The van der Waals surface area contributed by atoms with Gasteiger partial charge in [-0.25, -0.2) is 4.79 Å². The van der Waals surface area contributed by atoms with Gasteiger partial charge in [0.2, 0.25) is 5.91 Å². The predicted octanol–water partition coefficient (Wildman–Crippen LogP) is 3.24. The Kier molecular flexibility index (Phi) is 4.20. The van der Waals surface area contributed by atoms with Crippen LogP contribution in [0.15, 0.2) is 30.3 Å². The third-order valence-electron chi connectivity index (χ3n) is 3.06. The van der Waals surface area contributed by atoms with Crippen molar-refractivity contribution >= 4 is 28.2 Å². The van der Waals surface area contributed by atoms with E-state index in [9.17, 15) is 14.7 Å². The highest BCUT2D eigenvalue weighted by Crippen LogP contribution is 2.32. The van der Waals surface area contributed by atoms with Crippen molar-refractivity contribution in [3.63, 3.8) is 0 Å². The van der Waals surface area contributed by atoms with Gasteiger partial charge in [0.25, 0.3) is 0 Å². The van der Waals surface area contributed by atoms with Gasteiger partial charge in [-0.2, -0.15) is 0 Å². The maximum atomic E-state index is 12.0. The van der Waals surface area contributed by atoms with Gasteiger partial charge < -0.3 is 10.4 Å². The molecular weight excluding hydrogens is 274 g/mol. The number of thiophene rings is 1. The zero-order chi connectivity index (χ0) is 14.7. The highest BCUT2D eigenvalue weighted by atomic mass is 32.1. The molecule has 0 spiro atoms. The van der Waals surface area contributed by atoms with E-state index in [1.54, 1.807) is 6.92 Å².